The van der Waals surface area contributed by atoms with E-state index < -0.39 is 18.0 Å². The van der Waals surface area contributed by atoms with Crippen molar-refractivity contribution in [2.75, 3.05) is 30.0 Å². The number of anilines is 3. The maximum absolute atomic E-state index is 12.5. The number of likely N-dealkylation sites (tertiary alicyclic amines) is 1. The fourth-order valence-corrected chi connectivity index (χ4v) is 3.12. The molecule has 9 nitrogen and oxygen atoms in total. The molecule has 1 aromatic heterocycles. The highest BCUT2D eigenvalue weighted by Gasteiger charge is 2.32. The van der Waals surface area contributed by atoms with Crippen molar-refractivity contribution in [2.24, 2.45) is 0 Å². The molecule has 2 aromatic rings. The topological polar surface area (TPSA) is 130 Å². The summed E-state index contributed by atoms with van der Waals surface area (Å²) in [6, 6.07) is 7.18. The first-order valence-corrected chi connectivity index (χ1v) is 8.99. The Balaban J connectivity index is 1.70. The van der Waals surface area contributed by atoms with Gasteiger partial charge in [-0.25, -0.2) is 14.6 Å². The van der Waals surface area contributed by atoms with Gasteiger partial charge in [-0.2, -0.15) is 0 Å². The van der Waals surface area contributed by atoms with Gasteiger partial charge in [-0.15, -0.1) is 0 Å². The number of benzene rings is 1. The zero-order valence-electron chi connectivity index (χ0n) is 15.5. The smallest absolute Gasteiger partial charge is 0.326 e. The molecule has 2 heterocycles. The highest BCUT2D eigenvalue weighted by molar-refractivity contribution is 5.91. The van der Waals surface area contributed by atoms with Crippen molar-refractivity contribution in [3.63, 3.8) is 0 Å². The lowest BCUT2D eigenvalue weighted by Crippen LogP contribution is -2.49. The van der Waals surface area contributed by atoms with Crippen LogP contribution in [0.5, 0.6) is 11.5 Å². The number of nitrogens with two attached hydrogens (primary N) is 1. The van der Waals surface area contributed by atoms with Crippen LogP contribution in [0.15, 0.2) is 36.5 Å². The Bertz CT molecular complexity index is 873. The van der Waals surface area contributed by atoms with Crippen LogP contribution in [0.1, 0.15) is 19.3 Å². The van der Waals surface area contributed by atoms with Crippen LogP contribution in [0.2, 0.25) is 0 Å². The van der Waals surface area contributed by atoms with Crippen LogP contribution in [0.3, 0.4) is 0 Å². The number of carbonyl (C=O) groups excluding carboxylic acids is 1. The minimum atomic E-state index is -0.998. The Morgan fingerprint density at radius 2 is 2.04 bits per heavy atom. The van der Waals surface area contributed by atoms with Gasteiger partial charge < -0.3 is 25.8 Å². The molecule has 148 valence electrons. The Hall–Kier alpha value is -3.49. The number of aromatic nitrogens is 1. The molecule has 0 spiro atoms. The van der Waals surface area contributed by atoms with Gasteiger partial charge in [0.1, 0.15) is 23.4 Å². The first kappa shape index (κ1) is 19.3. The summed E-state index contributed by atoms with van der Waals surface area (Å²) in [5, 5.41) is 14.9. The first-order chi connectivity index (χ1) is 13.5. The third kappa shape index (κ3) is 4.43. The number of amides is 2. The number of nitrogens with one attached hydrogen (secondary N) is 2. The van der Waals surface area contributed by atoms with Crippen molar-refractivity contribution in [1.29, 1.82) is 0 Å². The summed E-state index contributed by atoms with van der Waals surface area (Å²) in [7, 11) is 1.78. The summed E-state index contributed by atoms with van der Waals surface area (Å²) >= 11 is 0. The molecular formula is C19H23N5O4. The lowest BCUT2D eigenvalue weighted by molar-refractivity contribution is -0.143. The van der Waals surface area contributed by atoms with Gasteiger partial charge in [-0.3, -0.25) is 5.32 Å². The Morgan fingerprint density at radius 3 is 2.75 bits per heavy atom. The zero-order chi connectivity index (χ0) is 20.1. The summed E-state index contributed by atoms with van der Waals surface area (Å²) < 4.78 is 5.78. The van der Waals surface area contributed by atoms with E-state index in [9.17, 15) is 14.7 Å². The number of urea groups is 1. The van der Waals surface area contributed by atoms with Crippen LogP contribution in [0.25, 0.3) is 0 Å². The van der Waals surface area contributed by atoms with E-state index >= 15 is 0 Å². The summed E-state index contributed by atoms with van der Waals surface area (Å²) in [5.41, 5.74) is 7.28. The minimum absolute atomic E-state index is 0.275. The van der Waals surface area contributed by atoms with Gasteiger partial charge in [0, 0.05) is 31.9 Å². The highest BCUT2D eigenvalue weighted by atomic mass is 16.5. The van der Waals surface area contributed by atoms with Gasteiger partial charge in [-0.1, -0.05) is 0 Å². The lowest BCUT2D eigenvalue weighted by atomic mass is 10.0. The normalized spacial score (nSPS) is 16.3. The van der Waals surface area contributed by atoms with E-state index in [2.05, 4.69) is 15.6 Å². The lowest BCUT2D eigenvalue weighted by Gasteiger charge is -2.32. The predicted octanol–water partition coefficient (Wildman–Crippen LogP) is 2.97. The van der Waals surface area contributed by atoms with Crippen LogP contribution in [-0.4, -0.2) is 46.6 Å². The van der Waals surface area contributed by atoms with E-state index in [-0.39, 0.29) is 5.82 Å². The predicted molar refractivity (Wildman–Crippen MR) is 106 cm³/mol. The number of aliphatic carboxylic acids is 1. The molecular weight excluding hydrogens is 362 g/mol. The number of carbonyl (C=O) groups is 2. The molecule has 0 aliphatic carbocycles. The van der Waals surface area contributed by atoms with Crippen molar-refractivity contribution in [2.45, 2.75) is 25.3 Å². The number of ether oxygens (including phenoxy) is 1. The second-order valence-corrected chi connectivity index (χ2v) is 6.45. The standard InChI is InChI=1S/C19H23N5O4/c1-21-15-6-5-12(10-14(15)20)28-13-7-8-22-17(11-13)23-19(27)24-9-3-2-4-16(24)18(25)26/h5-8,10-11,16,21H,2-4,9,20H2,1H3,(H,25,26)(H,22,23,27). The molecule has 1 unspecified atom stereocenters. The summed E-state index contributed by atoms with van der Waals surface area (Å²) in [6.07, 6.45) is 3.51. The van der Waals surface area contributed by atoms with Crippen molar-refractivity contribution in [3.8, 4) is 11.5 Å². The Kier molecular flexibility index (Phi) is 5.83. The fraction of sp³-hybridized carbons (Fsp3) is 0.316. The van der Waals surface area contributed by atoms with E-state index in [1.807, 2.05) is 0 Å². The van der Waals surface area contributed by atoms with Crippen molar-refractivity contribution >= 4 is 29.2 Å². The molecule has 1 atom stereocenters. The number of piperidine rings is 1. The second-order valence-electron chi connectivity index (χ2n) is 6.45. The van der Waals surface area contributed by atoms with E-state index in [0.29, 0.717) is 30.2 Å². The third-order valence-electron chi connectivity index (χ3n) is 4.54. The number of nitrogen functional groups attached to an aromatic ring is 1. The van der Waals surface area contributed by atoms with Crippen molar-refractivity contribution in [3.05, 3.63) is 36.5 Å². The van der Waals surface area contributed by atoms with E-state index in [1.54, 1.807) is 37.4 Å². The maximum Gasteiger partial charge on any atom is 0.326 e. The highest BCUT2D eigenvalue weighted by Crippen LogP contribution is 2.28. The molecule has 1 aromatic carbocycles. The summed E-state index contributed by atoms with van der Waals surface area (Å²) in [4.78, 5) is 29.3. The maximum atomic E-state index is 12.5. The van der Waals surface area contributed by atoms with Crippen LogP contribution in [0, 0.1) is 0 Å². The molecule has 1 aliphatic rings. The molecule has 0 radical (unpaired) electrons. The fourth-order valence-electron chi connectivity index (χ4n) is 3.12. The molecule has 1 fully saturated rings. The summed E-state index contributed by atoms with van der Waals surface area (Å²) in [5.74, 6) is 0.289. The van der Waals surface area contributed by atoms with Gasteiger partial charge in [0.15, 0.2) is 0 Å². The number of carboxylic acids is 1. The molecule has 2 amide bonds. The molecule has 0 saturated carbocycles. The number of nitrogens with zero attached hydrogens (tertiary/aromatic N) is 2. The van der Waals surface area contributed by atoms with Crippen LogP contribution in [0.4, 0.5) is 22.0 Å². The van der Waals surface area contributed by atoms with Gasteiger partial charge in [0.25, 0.3) is 0 Å². The van der Waals surface area contributed by atoms with Crippen LogP contribution < -0.4 is 21.1 Å². The van der Waals surface area contributed by atoms with Crippen LogP contribution in [-0.2, 0) is 4.79 Å². The molecule has 1 aliphatic heterocycles. The number of hydrogen-bond donors (Lipinski definition) is 4. The van der Waals surface area contributed by atoms with Gasteiger partial charge in [-0.05, 0) is 37.5 Å². The molecule has 3 rings (SSSR count). The average molecular weight is 385 g/mol. The molecule has 5 N–H and O–H groups in total. The van der Waals surface area contributed by atoms with Crippen LogP contribution >= 0.6 is 0 Å². The quantitative estimate of drug-likeness (QED) is 0.582. The third-order valence-corrected chi connectivity index (χ3v) is 4.54. The second kappa shape index (κ2) is 8.47. The average Bonchev–Trinajstić information content (AvgIpc) is 2.68. The van der Waals surface area contributed by atoms with Gasteiger partial charge in [0.2, 0.25) is 0 Å². The monoisotopic (exact) mass is 385 g/mol. The minimum Gasteiger partial charge on any atom is -0.480 e. The zero-order valence-corrected chi connectivity index (χ0v) is 15.5. The molecule has 28 heavy (non-hydrogen) atoms. The summed E-state index contributed by atoms with van der Waals surface area (Å²) in [6.45, 7) is 0.399. The van der Waals surface area contributed by atoms with Gasteiger partial charge in [0.05, 0.1) is 11.4 Å². The molecule has 0 bridgehead atoms. The number of rotatable bonds is 5. The number of hydrogen-bond acceptors (Lipinski definition) is 6. The van der Waals surface area contributed by atoms with E-state index in [0.717, 1.165) is 18.5 Å². The first-order valence-electron chi connectivity index (χ1n) is 8.99. The number of carboxylic acid groups (broad SMARTS) is 1. The van der Waals surface area contributed by atoms with E-state index in [1.165, 1.54) is 11.1 Å². The number of pyridine rings is 1. The van der Waals surface area contributed by atoms with Crippen molar-refractivity contribution in [1.82, 2.24) is 9.88 Å². The SMILES string of the molecule is CNc1ccc(Oc2ccnc(NC(=O)N3CCCCC3C(=O)O)c2)cc1N. The largest absolute Gasteiger partial charge is 0.480 e. The Labute approximate surface area is 162 Å². The van der Waals surface area contributed by atoms with E-state index in [4.69, 9.17) is 10.5 Å². The van der Waals surface area contributed by atoms with Crippen molar-refractivity contribution < 1.29 is 19.4 Å². The molecule has 9 heteroatoms. The molecule has 1 saturated heterocycles. The Morgan fingerprint density at radius 1 is 1.25 bits per heavy atom. The van der Waals surface area contributed by atoms with Gasteiger partial charge >= 0.3 is 12.0 Å².